The number of rotatable bonds is 6. The lowest BCUT2D eigenvalue weighted by Crippen LogP contribution is -2.24. The smallest absolute Gasteiger partial charge is 0.258 e. The van der Waals surface area contributed by atoms with E-state index in [1.54, 1.807) is 17.0 Å². The first kappa shape index (κ1) is 18.2. The number of unbranched alkanes of at least 4 members (excludes halogenated alkanes) is 1. The Balaban J connectivity index is 1.61. The molecule has 28 heavy (non-hydrogen) atoms. The topological polar surface area (TPSA) is 67.2 Å². The highest BCUT2D eigenvalue weighted by atomic mass is 16.2. The van der Waals surface area contributed by atoms with Crippen LogP contribution in [0.1, 0.15) is 43.0 Å². The van der Waals surface area contributed by atoms with Gasteiger partial charge in [0.1, 0.15) is 0 Å². The van der Waals surface area contributed by atoms with E-state index in [4.69, 9.17) is 0 Å². The highest BCUT2D eigenvalue weighted by Gasteiger charge is 2.22. The van der Waals surface area contributed by atoms with Crippen molar-refractivity contribution in [2.24, 2.45) is 0 Å². The third-order valence-electron chi connectivity index (χ3n) is 5.11. The van der Waals surface area contributed by atoms with Crippen molar-refractivity contribution >= 4 is 34.5 Å². The van der Waals surface area contributed by atoms with Crippen LogP contribution >= 0.6 is 0 Å². The first-order chi connectivity index (χ1) is 13.7. The lowest BCUT2D eigenvalue weighted by molar-refractivity contribution is -0.117. The monoisotopic (exact) mass is 376 g/mol. The SMILES string of the molecule is CCCCn1c(NC(=O)c2cccc(N3CCCC3=O)c2)nc2ccccc21. The van der Waals surface area contributed by atoms with Gasteiger partial charge in [-0.05, 0) is 43.2 Å². The molecule has 4 rings (SSSR count). The van der Waals surface area contributed by atoms with E-state index in [2.05, 4.69) is 21.8 Å². The fourth-order valence-electron chi connectivity index (χ4n) is 3.62. The van der Waals surface area contributed by atoms with Gasteiger partial charge in [-0.1, -0.05) is 31.5 Å². The van der Waals surface area contributed by atoms with Gasteiger partial charge in [0.2, 0.25) is 11.9 Å². The zero-order valence-corrected chi connectivity index (χ0v) is 16.0. The summed E-state index contributed by atoms with van der Waals surface area (Å²) in [7, 11) is 0. The Kier molecular flexibility index (Phi) is 5.10. The molecule has 0 aliphatic carbocycles. The fraction of sp³-hybridized carbons (Fsp3) is 0.318. The molecular weight excluding hydrogens is 352 g/mol. The van der Waals surface area contributed by atoms with Gasteiger partial charge in [-0.15, -0.1) is 0 Å². The lowest BCUT2D eigenvalue weighted by atomic mass is 10.2. The average molecular weight is 376 g/mol. The molecule has 1 saturated heterocycles. The fourth-order valence-corrected chi connectivity index (χ4v) is 3.62. The summed E-state index contributed by atoms with van der Waals surface area (Å²) in [6.45, 7) is 3.65. The van der Waals surface area contributed by atoms with Crippen LogP contribution in [0.2, 0.25) is 0 Å². The van der Waals surface area contributed by atoms with Crippen molar-refractivity contribution in [1.82, 2.24) is 9.55 Å². The number of nitrogens with zero attached hydrogens (tertiary/aromatic N) is 3. The molecule has 0 bridgehead atoms. The van der Waals surface area contributed by atoms with E-state index in [1.807, 2.05) is 36.4 Å². The van der Waals surface area contributed by atoms with E-state index < -0.39 is 0 Å². The number of aryl methyl sites for hydroxylation is 1. The van der Waals surface area contributed by atoms with Gasteiger partial charge in [-0.25, -0.2) is 4.98 Å². The number of hydrogen-bond donors (Lipinski definition) is 1. The van der Waals surface area contributed by atoms with Crippen molar-refractivity contribution in [3.63, 3.8) is 0 Å². The molecule has 6 heteroatoms. The lowest BCUT2D eigenvalue weighted by Gasteiger charge is -2.16. The number of para-hydroxylation sites is 2. The van der Waals surface area contributed by atoms with Crippen LogP contribution in [0, 0.1) is 0 Å². The molecule has 2 aromatic carbocycles. The highest BCUT2D eigenvalue weighted by molar-refractivity contribution is 6.05. The average Bonchev–Trinajstić information content (AvgIpc) is 3.29. The molecule has 0 unspecified atom stereocenters. The van der Waals surface area contributed by atoms with Crippen molar-refractivity contribution in [3.8, 4) is 0 Å². The van der Waals surface area contributed by atoms with Crippen LogP contribution in [0.25, 0.3) is 11.0 Å². The Labute approximate surface area is 164 Å². The number of hydrogen-bond acceptors (Lipinski definition) is 3. The molecule has 6 nitrogen and oxygen atoms in total. The van der Waals surface area contributed by atoms with Gasteiger partial charge >= 0.3 is 0 Å². The van der Waals surface area contributed by atoms with Crippen LogP contribution in [-0.4, -0.2) is 27.9 Å². The summed E-state index contributed by atoms with van der Waals surface area (Å²) in [5.41, 5.74) is 3.17. The van der Waals surface area contributed by atoms with Gasteiger partial charge in [0.05, 0.1) is 11.0 Å². The Morgan fingerprint density at radius 2 is 2.04 bits per heavy atom. The van der Waals surface area contributed by atoms with Crippen molar-refractivity contribution in [2.45, 2.75) is 39.2 Å². The Morgan fingerprint density at radius 3 is 2.82 bits per heavy atom. The van der Waals surface area contributed by atoms with Crippen LogP contribution in [0.5, 0.6) is 0 Å². The van der Waals surface area contributed by atoms with E-state index in [0.717, 1.165) is 42.5 Å². The summed E-state index contributed by atoms with van der Waals surface area (Å²) in [6, 6.07) is 15.1. The zero-order valence-electron chi connectivity index (χ0n) is 16.0. The first-order valence-electron chi connectivity index (χ1n) is 9.84. The largest absolute Gasteiger partial charge is 0.312 e. The number of carbonyl (C=O) groups excluding carboxylic acids is 2. The van der Waals surface area contributed by atoms with Crippen LogP contribution in [0.15, 0.2) is 48.5 Å². The number of nitrogens with one attached hydrogen (secondary N) is 1. The van der Waals surface area contributed by atoms with E-state index in [9.17, 15) is 9.59 Å². The predicted molar refractivity (Wildman–Crippen MR) is 111 cm³/mol. The maximum Gasteiger partial charge on any atom is 0.258 e. The van der Waals surface area contributed by atoms with Gasteiger partial charge in [0.25, 0.3) is 5.91 Å². The molecule has 1 aromatic heterocycles. The molecule has 1 N–H and O–H groups in total. The summed E-state index contributed by atoms with van der Waals surface area (Å²) < 4.78 is 2.06. The van der Waals surface area contributed by atoms with E-state index in [-0.39, 0.29) is 11.8 Å². The minimum Gasteiger partial charge on any atom is -0.312 e. The van der Waals surface area contributed by atoms with Gasteiger partial charge in [-0.2, -0.15) is 0 Å². The third kappa shape index (κ3) is 3.50. The zero-order chi connectivity index (χ0) is 19.5. The molecule has 0 spiro atoms. The van der Waals surface area contributed by atoms with Gasteiger partial charge in [0, 0.05) is 30.8 Å². The van der Waals surface area contributed by atoms with Crippen molar-refractivity contribution in [1.29, 1.82) is 0 Å². The molecule has 1 fully saturated rings. The summed E-state index contributed by atoms with van der Waals surface area (Å²) in [5.74, 6) is 0.447. The Hall–Kier alpha value is -3.15. The molecule has 2 heterocycles. The van der Waals surface area contributed by atoms with Gasteiger partial charge in [-0.3, -0.25) is 14.9 Å². The minimum absolute atomic E-state index is 0.110. The summed E-state index contributed by atoms with van der Waals surface area (Å²) in [4.78, 5) is 31.3. The van der Waals surface area contributed by atoms with E-state index in [0.29, 0.717) is 24.5 Å². The second kappa shape index (κ2) is 7.84. The van der Waals surface area contributed by atoms with Gasteiger partial charge < -0.3 is 9.47 Å². The van der Waals surface area contributed by atoms with Crippen LogP contribution in [0.4, 0.5) is 11.6 Å². The second-order valence-corrected chi connectivity index (χ2v) is 7.08. The number of aromatic nitrogens is 2. The molecule has 0 atom stereocenters. The van der Waals surface area contributed by atoms with Crippen LogP contribution in [0.3, 0.4) is 0 Å². The second-order valence-electron chi connectivity index (χ2n) is 7.08. The summed E-state index contributed by atoms with van der Waals surface area (Å²) in [6.07, 6.45) is 3.50. The molecule has 1 aliphatic rings. The van der Waals surface area contributed by atoms with Gasteiger partial charge in [0.15, 0.2) is 0 Å². The predicted octanol–water partition coefficient (Wildman–Crippen LogP) is 4.22. The number of amides is 2. The molecule has 2 amide bonds. The summed E-state index contributed by atoms with van der Waals surface area (Å²) >= 11 is 0. The maximum atomic E-state index is 12.9. The molecule has 3 aromatic rings. The normalized spacial score (nSPS) is 14.0. The van der Waals surface area contributed by atoms with Crippen LogP contribution in [-0.2, 0) is 11.3 Å². The number of fused-ring (bicyclic) bond motifs is 1. The number of anilines is 2. The quantitative estimate of drug-likeness (QED) is 0.700. The van der Waals surface area contributed by atoms with Crippen molar-refractivity contribution < 1.29 is 9.59 Å². The molecular formula is C22H24N4O2. The molecule has 0 saturated carbocycles. The number of carbonyl (C=O) groups is 2. The van der Waals surface area contributed by atoms with E-state index in [1.165, 1.54) is 0 Å². The first-order valence-corrected chi connectivity index (χ1v) is 9.84. The summed E-state index contributed by atoms with van der Waals surface area (Å²) in [5, 5.41) is 2.96. The van der Waals surface area contributed by atoms with Crippen LogP contribution < -0.4 is 10.2 Å². The minimum atomic E-state index is -0.221. The third-order valence-corrected chi connectivity index (χ3v) is 5.11. The maximum absolute atomic E-state index is 12.9. The Bertz CT molecular complexity index is 1020. The molecule has 144 valence electrons. The van der Waals surface area contributed by atoms with Crippen molar-refractivity contribution in [3.05, 3.63) is 54.1 Å². The van der Waals surface area contributed by atoms with Crippen molar-refractivity contribution in [2.75, 3.05) is 16.8 Å². The number of imidazole rings is 1. The number of benzene rings is 2. The standard InChI is InChI=1S/C22H24N4O2/c1-2-3-13-26-19-11-5-4-10-18(19)23-22(26)24-21(28)16-8-6-9-17(15-16)25-14-7-12-20(25)27/h4-6,8-11,15H,2-3,7,12-14H2,1H3,(H,23,24,28). The Morgan fingerprint density at radius 1 is 1.18 bits per heavy atom. The van der Waals surface area contributed by atoms with E-state index >= 15 is 0 Å². The molecule has 1 aliphatic heterocycles. The highest BCUT2D eigenvalue weighted by Crippen LogP contribution is 2.24. The molecule has 0 radical (unpaired) electrons.